The van der Waals surface area contributed by atoms with Crippen LogP contribution in [-0.4, -0.2) is 31.3 Å². The second kappa shape index (κ2) is 8.87. The van der Waals surface area contributed by atoms with Crippen LogP contribution in [0.25, 0.3) is 11.4 Å². The Morgan fingerprint density at radius 3 is 2.62 bits per heavy atom. The number of anilines is 1. The van der Waals surface area contributed by atoms with E-state index in [4.69, 9.17) is 0 Å². The predicted molar refractivity (Wildman–Crippen MR) is 113 cm³/mol. The van der Waals surface area contributed by atoms with Crippen LogP contribution < -0.4 is 5.32 Å². The Hall–Kier alpha value is -3.20. The van der Waals surface area contributed by atoms with E-state index in [1.807, 2.05) is 42.7 Å². The number of nitro benzene ring substituents is 1. The third-order valence-corrected chi connectivity index (χ3v) is 5.41. The van der Waals surface area contributed by atoms with Crippen molar-refractivity contribution in [2.75, 3.05) is 11.1 Å². The number of aryl methyl sites for hydroxylation is 2. The van der Waals surface area contributed by atoms with Crippen molar-refractivity contribution in [3.05, 3.63) is 63.7 Å². The third-order valence-electron chi connectivity index (χ3n) is 4.44. The maximum atomic E-state index is 12.3. The lowest BCUT2D eigenvalue weighted by Gasteiger charge is -2.09. The predicted octanol–water partition coefficient (Wildman–Crippen LogP) is 4.22. The van der Waals surface area contributed by atoms with Crippen LogP contribution in [0, 0.1) is 24.0 Å². The Bertz CT molecular complexity index is 1060. The van der Waals surface area contributed by atoms with E-state index in [9.17, 15) is 14.9 Å². The molecule has 0 aliphatic carbocycles. The number of hydrogen-bond donors (Lipinski definition) is 1. The van der Waals surface area contributed by atoms with Crippen molar-refractivity contribution in [1.82, 2.24) is 14.8 Å². The van der Waals surface area contributed by atoms with Crippen molar-refractivity contribution < 1.29 is 9.72 Å². The molecule has 1 amide bonds. The van der Waals surface area contributed by atoms with Crippen LogP contribution in [0.1, 0.15) is 18.1 Å². The fourth-order valence-electron chi connectivity index (χ4n) is 2.91. The molecule has 0 saturated carbocycles. The summed E-state index contributed by atoms with van der Waals surface area (Å²) in [4.78, 5) is 22.9. The summed E-state index contributed by atoms with van der Waals surface area (Å²) >= 11 is 1.28. The third kappa shape index (κ3) is 4.62. The molecule has 3 rings (SSSR count). The maximum absolute atomic E-state index is 12.3. The lowest BCUT2D eigenvalue weighted by Crippen LogP contribution is -2.15. The fourth-order valence-corrected chi connectivity index (χ4v) is 3.72. The van der Waals surface area contributed by atoms with E-state index in [1.165, 1.54) is 17.8 Å². The van der Waals surface area contributed by atoms with Gasteiger partial charge >= 0.3 is 0 Å². The Labute approximate surface area is 172 Å². The number of aromatic nitrogens is 3. The molecule has 1 heterocycles. The van der Waals surface area contributed by atoms with Crippen LogP contribution in [0.15, 0.2) is 47.6 Å². The summed E-state index contributed by atoms with van der Waals surface area (Å²) in [7, 11) is 0. The van der Waals surface area contributed by atoms with Gasteiger partial charge < -0.3 is 9.88 Å². The molecule has 1 aromatic heterocycles. The largest absolute Gasteiger partial charge is 0.325 e. The molecule has 0 bridgehead atoms. The topological polar surface area (TPSA) is 103 Å². The highest BCUT2D eigenvalue weighted by atomic mass is 32.2. The molecule has 150 valence electrons. The van der Waals surface area contributed by atoms with Gasteiger partial charge in [-0.3, -0.25) is 14.9 Å². The number of carbonyl (C=O) groups excluding carboxylic acids is 1. The van der Waals surface area contributed by atoms with Crippen molar-refractivity contribution in [3.8, 4) is 11.4 Å². The molecule has 1 N–H and O–H groups in total. The average Bonchev–Trinajstić information content (AvgIpc) is 3.10. The van der Waals surface area contributed by atoms with Gasteiger partial charge in [0.05, 0.1) is 10.7 Å². The average molecular weight is 411 g/mol. The number of nitrogens with zero attached hydrogens (tertiary/aromatic N) is 4. The van der Waals surface area contributed by atoms with E-state index in [1.54, 1.807) is 19.1 Å². The van der Waals surface area contributed by atoms with Crippen LogP contribution in [0.4, 0.5) is 11.4 Å². The molecular formula is C20H21N5O3S. The number of nitro groups is 1. The van der Waals surface area contributed by atoms with Crippen LogP contribution in [0.5, 0.6) is 0 Å². The molecule has 9 heteroatoms. The first kappa shape index (κ1) is 20.5. The molecule has 3 aromatic rings. The highest BCUT2D eigenvalue weighted by Gasteiger charge is 2.17. The zero-order chi connectivity index (χ0) is 21.0. The summed E-state index contributed by atoms with van der Waals surface area (Å²) in [5.74, 6) is 0.618. The van der Waals surface area contributed by atoms with Crippen molar-refractivity contribution in [1.29, 1.82) is 0 Å². The van der Waals surface area contributed by atoms with E-state index in [0.717, 1.165) is 17.0 Å². The highest BCUT2D eigenvalue weighted by Crippen LogP contribution is 2.27. The van der Waals surface area contributed by atoms with Gasteiger partial charge in [-0.05, 0) is 32.4 Å². The number of thioether (sulfide) groups is 1. The van der Waals surface area contributed by atoms with Crippen LogP contribution in [-0.2, 0) is 11.3 Å². The number of nitrogens with one attached hydrogen (secondary N) is 1. The van der Waals surface area contributed by atoms with E-state index < -0.39 is 4.92 Å². The van der Waals surface area contributed by atoms with Gasteiger partial charge in [0.15, 0.2) is 11.0 Å². The van der Waals surface area contributed by atoms with Crippen molar-refractivity contribution in [3.63, 3.8) is 0 Å². The van der Waals surface area contributed by atoms with E-state index in [2.05, 4.69) is 15.5 Å². The van der Waals surface area contributed by atoms with Gasteiger partial charge in [0.2, 0.25) is 5.91 Å². The SMILES string of the molecule is CCn1c(SCC(=O)Nc2ccc(C)c([N+](=O)[O-])c2)nnc1-c1ccccc1C. The first-order valence-electron chi connectivity index (χ1n) is 9.07. The zero-order valence-electron chi connectivity index (χ0n) is 16.4. The highest BCUT2D eigenvalue weighted by molar-refractivity contribution is 7.99. The number of benzene rings is 2. The number of amides is 1. The van der Waals surface area contributed by atoms with Crippen molar-refractivity contribution in [2.45, 2.75) is 32.5 Å². The molecule has 8 nitrogen and oxygen atoms in total. The van der Waals surface area contributed by atoms with Gasteiger partial charge in [0, 0.05) is 29.4 Å². The molecule has 0 aliphatic rings. The molecule has 0 fully saturated rings. The fraction of sp³-hybridized carbons (Fsp3) is 0.250. The Kier molecular flexibility index (Phi) is 6.28. The monoisotopic (exact) mass is 411 g/mol. The van der Waals surface area contributed by atoms with Gasteiger partial charge in [-0.1, -0.05) is 42.1 Å². The van der Waals surface area contributed by atoms with Crippen LogP contribution >= 0.6 is 11.8 Å². The molecule has 0 radical (unpaired) electrons. The number of carbonyl (C=O) groups is 1. The molecule has 29 heavy (non-hydrogen) atoms. The summed E-state index contributed by atoms with van der Waals surface area (Å²) in [6.45, 7) is 6.35. The summed E-state index contributed by atoms with van der Waals surface area (Å²) in [6.07, 6.45) is 0. The molecule has 0 spiro atoms. The molecule has 2 aromatic carbocycles. The second-order valence-electron chi connectivity index (χ2n) is 6.46. The Morgan fingerprint density at radius 2 is 1.93 bits per heavy atom. The van der Waals surface area contributed by atoms with Gasteiger partial charge in [-0.25, -0.2) is 0 Å². The Morgan fingerprint density at radius 1 is 1.17 bits per heavy atom. The standard InChI is InChI=1S/C20H21N5O3S/c1-4-24-19(16-8-6-5-7-13(16)2)22-23-20(24)29-12-18(26)21-15-10-9-14(3)17(11-15)25(27)28/h5-11H,4,12H2,1-3H3,(H,21,26). The molecular weight excluding hydrogens is 390 g/mol. The summed E-state index contributed by atoms with van der Waals surface area (Å²) < 4.78 is 1.97. The maximum Gasteiger partial charge on any atom is 0.274 e. The van der Waals surface area contributed by atoms with Crippen molar-refractivity contribution in [2.24, 2.45) is 0 Å². The number of hydrogen-bond acceptors (Lipinski definition) is 6. The minimum absolute atomic E-state index is 0.0240. The minimum atomic E-state index is -0.462. The minimum Gasteiger partial charge on any atom is -0.325 e. The first-order valence-corrected chi connectivity index (χ1v) is 10.1. The molecule has 0 unspecified atom stereocenters. The van der Waals surface area contributed by atoms with Crippen molar-refractivity contribution >= 4 is 29.0 Å². The summed E-state index contributed by atoms with van der Waals surface area (Å²) in [6, 6.07) is 12.6. The summed E-state index contributed by atoms with van der Waals surface area (Å²) in [5.41, 5.74) is 3.02. The molecule has 0 saturated heterocycles. The van der Waals surface area contributed by atoms with E-state index in [-0.39, 0.29) is 17.3 Å². The second-order valence-corrected chi connectivity index (χ2v) is 7.40. The lowest BCUT2D eigenvalue weighted by atomic mass is 10.1. The van der Waals surface area contributed by atoms with Gasteiger partial charge in [-0.2, -0.15) is 0 Å². The van der Waals surface area contributed by atoms with E-state index in [0.29, 0.717) is 23.0 Å². The molecule has 0 atom stereocenters. The van der Waals surface area contributed by atoms with Gasteiger partial charge in [0.25, 0.3) is 5.69 Å². The smallest absolute Gasteiger partial charge is 0.274 e. The first-order chi connectivity index (χ1) is 13.9. The molecule has 0 aliphatic heterocycles. The zero-order valence-corrected chi connectivity index (χ0v) is 17.2. The van der Waals surface area contributed by atoms with Crippen LogP contribution in [0.3, 0.4) is 0 Å². The summed E-state index contributed by atoms with van der Waals surface area (Å²) in [5, 5.41) is 22.9. The lowest BCUT2D eigenvalue weighted by molar-refractivity contribution is -0.385. The quantitative estimate of drug-likeness (QED) is 0.355. The normalized spacial score (nSPS) is 10.7. The van der Waals surface area contributed by atoms with Crippen LogP contribution in [0.2, 0.25) is 0 Å². The van der Waals surface area contributed by atoms with Gasteiger partial charge in [0.1, 0.15) is 0 Å². The van der Waals surface area contributed by atoms with E-state index >= 15 is 0 Å². The van der Waals surface area contributed by atoms with Gasteiger partial charge in [-0.15, -0.1) is 10.2 Å². The Balaban J connectivity index is 1.70. The number of rotatable bonds is 7.